The molecule has 0 spiro atoms. The van der Waals surface area contributed by atoms with Gasteiger partial charge in [0.25, 0.3) is 5.91 Å². The molecule has 2 N–H and O–H groups in total. The van der Waals surface area contributed by atoms with Crippen molar-refractivity contribution in [2.24, 2.45) is 0 Å². The quantitative estimate of drug-likeness (QED) is 0.576. The van der Waals surface area contributed by atoms with Crippen LogP contribution in [0.5, 0.6) is 5.75 Å². The van der Waals surface area contributed by atoms with E-state index in [1.165, 1.54) is 7.11 Å². The highest BCUT2D eigenvalue weighted by Gasteiger charge is 2.31. The average molecular weight is 459 g/mol. The Morgan fingerprint density at radius 1 is 0.968 bits per heavy atom. The third-order valence-corrected chi connectivity index (χ3v) is 4.19. The lowest BCUT2D eigenvalue weighted by atomic mass is 10.2. The van der Waals surface area contributed by atoms with Gasteiger partial charge in [0.15, 0.2) is 6.61 Å². The predicted molar refractivity (Wildman–Crippen MR) is 107 cm³/mol. The molecule has 0 aromatic heterocycles. The van der Waals surface area contributed by atoms with Crippen LogP contribution in [0.15, 0.2) is 42.5 Å². The van der Waals surface area contributed by atoms with Crippen LogP contribution in [0.3, 0.4) is 0 Å². The van der Waals surface area contributed by atoms with Crippen molar-refractivity contribution in [3.8, 4) is 5.75 Å². The van der Waals surface area contributed by atoms with E-state index in [2.05, 4.69) is 10.6 Å². The van der Waals surface area contributed by atoms with Crippen LogP contribution in [-0.2, 0) is 25.3 Å². The highest BCUT2D eigenvalue weighted by atomic mass is 35.5. The lowest BCUT2D eigenvalue weighted by Crippen LogP contribution is -2.21. The topological polar surface area (TPSA) is 93.7 Å². The largest absolute Gasteiger partial charge is 0.497 e. The van der Waals surface area contributed by atoms with Crippen molar-refractivity contribution in [3.63, 3.8) is 0 Å². The van der Waals surface area contributed by atoms with Crippen molar-refractivity contribution < 1.29 is 37.0 Å². The average Bonchev–Trinajstić information content (AvgIpc) is 2.72. The van der Waals surface area contributed by atoms with E-state index < -0.39 is 36.1 Å². The smallest absolute Gasteiger partial charge is 0.416 e. The van der Waals surface area contributed by atoms with E-state index in [9.17, 15) is 27.6 Å². The van der Waals surface area contributed by atoms with Gasteiger partial charge in [-0.3, -0.25) is 14.4 Å². The minimum Gasteiger partial charge on any atom is -0.497 e. The van der Waals surface area contributed by atoms with Crippen LogP contribution < -0.4 is 15.4 Å². The summed E-state index contributed by atoms with van der Waals surface area (Å²) in [6.45, 7) is -0.564. The zero-order valence-corrected chi connectivity index (χ0v) is 17.0. The van der Waals surface area contributed by atoms with Gasteiger partial charge in [-0.2, -0.15) is 13.2 Å². The Morgan fingerprint density at radius 2 is 1.65 bits per heavy atom. The Morgan fingerprint density at radius 3 is 2.26 bits per heavy atom. The number of alkyl halides is 3. The van der Waals surface area contributed by atoms with Gasteiger partial charge in [-0.25, -0.2) is 0 Å². The van der Waals surface area contributed by atoms with Gasteiger partial charge in [-0.1, -0.05) is 11.6 Å². The fraction of sp³-hybridized carbons (Fsp3) is 0.250. The second-order valence-electron chi connectivity index (χ2n) is 6.18. The highest BCUT2D eigenvalue weighted by molar-refractivity contribution is 6.33. The van der Waals surface area contributed by atoms with Crippen molar-refractivity contribution in [1.82, 2.24) is 0 Å². The molecule has 7 nitrogen and oxygen atoms in total. The Bertz CT molecular complexity index is 949. The second kappa shape index (κ2) is 10.7. The summed E-state index contributed by atoms with van der Waals surface area (Å²) in [7, 11) is 1.50. The summed E-state index contributed by atoms with van der Waals surface area (Å²) in [6, 6.07) is 8.96. The highest BCUT2D eigenvalue weighted by Crippen LogP contribution is 2.33. The van der Waals surface area contributed by atoms with Gasteiger partial charge in [-0.05, 0) is 42.5 Å². The van der Waals surface area contributed by atoms with Crippen LogP contribution in [0.4, 0.5) is 24.5 Å². The number of hydrogen-bond acceptors (Lipinski definition) is 5. The molecule has 11 heteroatoms. The molecule has 0 radical (unpaired) electrons. The number of rotatable bonds is 8. The summed E-state index contributed by atoms with van der Waals surface area (Å²) in [6.07, 6.45) is -5.34. The molecule has 2 amide bonds. The van der Waals surface area contributed by atoms with E-state index in [-0.39, 0.29) is 23.6 Å². The summed E-state index contributed by atoms with van der Waals surface area (Å²) in [4.78, 5) is 35.4. The van der Waals surface area contributed by atoms with E-state index >= 15 is 0 Å². The first-order chi connectivity index (χ1) is 14.6. The van der Waals surface area contributed by atoms with Gasteiger partial charge in [0.1, 0.15) is 5.75 Å². The number of benzene rings is 2. The van der Waals surface area contributed by atoms with Crippen molar-refractivity contribution >= 4 is 40.8 Å². The molecular formula is C20H18ClF3N2O5. The predicted octanol–water partition coefficient (Wildman–Crippen LogP) is 4.27. The third kappa shape index (κ3) is 7.82. The molecule has 0 unspecified atom stereocenters. The molecule has 0 bridgehead atoms. The maximum atomic E-state index is 12.8. The maximum Gasteiger partial charge on any atom is 0.416 e. The minimum absolute atomic E-state index is 0.0841. The normalized spacial score (nSPS) is 10.9. The molecule has 0 aliphatic carbocycles. The monoisotopic (exact) mass is 458 g/mol. The summed E-state index contributed by atoms with van der Waals surface area (Å²) < 4.78 is 48.0. The lowest BCUT2D eigenvalue weighted by Gasteiger charge is -2.11. The number of nitrogens with one attached hydrogen (secondary N) is 2. The Hall–Kier alpha value is -3.27. The molecule has 166 valence electrons. The molecular weight excluding hydrogens is 441 g/mol. The van der Waals surface area contributed by atoms with Gasteiger partial charge >= 0.3 is 12.1 Å². The fourth-order valence-corrected chi connectivity index (χ4v) is 2.48. The SMILES string of the molecule is COc1ccc(NC(=O)COC(=O)CCC(=O)Nc2cc(C(F)(F)F)ccc2Cl)cc1. The number of amides is 2. The number of ether oxygens (including phenoxy) is 2. The molecule has 2 aromatic carbocycles. The summed E-state index contributed by atoms with van der Waals surface area (Å²) in [5.74, 6) is -1.54. The van der Waals surface area contributed by atoms with Crippen LogP contribution in [0, 0.1) is 0 Å². The van der Waals surface area contributed by atoms with E-state index in [0.717, 1.165) is 12.1 Å². The molecule has 0 aliphatic rings. The number of carbonyl (C=O) groups is 3. The summed E-state index contributed by atoms with van der Waals surface area (Å²) in [5.41, 5.74) is -0.734. The molecule has 0 saturated carbocycles. The van der Waals surface area contributed by atoms with Crippen molar-refractivity contribution in [2.45, 2.75) is 19.0 Å². The number of carbonyl (C=O) groups excluding carboxylic acids is 3. The van der Waals surface area contributed by atoms with Crippen molar-refractivity contribution in [2.75, 3.05) is 24.4 Å². The molecule has 0 heterocycles. The van der Waals surface area contributed by atoms with Gasteiger partial charge < -0.3 is 20.1 Å². The molecule has 0 atom stereocenters. The van der Waals surface area contributed by atoms with E-state index in [1.54, 1.807) is 24.3 Å². The lowest BCUT2D eigenvalue weighted by molar-refractivity contribution is -0.147. The molecule has 2 rings (SSSR count). The summed E-state index contributed by atoms with van der Waals surface area (Å²) >= 11 is 5.80. The second-order valence-corrected chi connectivity index (χ2v) is 6.59. The number of halogens is 4. The number of anilines is 2. The van der Waals surface area contributed by atoms with Crippen LogP contribution in [-0.4, -0.2) is 31.5 Å². The molecule has 31 heavy (non-hydrogen) atoms. The molecule has 2 aromatic rings. The Kier molecular flexibility index (Phi) is 8.26. The van der Waals surface area contributed by atoms with E-state index in [1.807, 2.05) is 0 Å². The third-order valence-electron chi connectivity index (χ3n) is 3.86. The zero-order chi connectivity index (χ0) is 23.0. The van der Waals surface area contributed by atoms with Crippen molar-refractivity contribution in [1.29, 1.82) is 0 Å². The first-order valence-electron chi connectivity index (χ1n) is 8.84. The standard InChI is InChI=1S/C20H18ClF3N2O5/c1-30-14-5-3-13(4-6-14)25-18(28)11-31-19(29)9-8-17(27)26-16-10-12(20(22,23)24)2-7-15(16)21/h2-7,10H,8-9,11H2,1H3,(H,25,28)(H,26,27). The van der Waals surface area contributed by atoms with Gasteiger partial charge in [-0.15, -0.1) is 0 Å². The van der Waals surface area contributed by atoms with E-state index in [4.69, 9.17) is 21.1 Å². The maximum absolute atomic E-state index is 12.8. The Labute approximate surface area is 180 Å². The van der Waals surface area contributed by atoms with Gasteiger partial charge in [0.2, 0.25) is 5.91 Å². The summed E-state index contributed by atoms with van der Waals surface area (Å²) in [5, 5.41) is 4.64. The van der Waals surface area contributed by atoms with E-state index in [0.29, 0.717) is 17.5 Å². The van der Waals surface area contributed by atoms with Crippen molar-refractivity contribution in [3.05, 3.63) is 53.1 Å². The molecule has 0 saturated heterocycles. The minimum atomic E-state index is -4.60. The fourth-order valence-electron chi connectivity index (χ4n) is 2.32. The van der Waals surface area contributed by atoms with Crippen LogP contribution in [0.25, 0.3) is 0 Å². The Balaban J connectivity index is 1.76. The zero-order valence-electron chi connectivity index (χ0n) is 16.2. The first kappa shape index (κ1) is 24.0. The number of hydrogen-bond donors (Lipinski definition) is 2. The molecule has 0 fully saturated rings. The van der Waals surface area contributed by atoms with Crippen LogP contribution in [0.1, 0.15) is 18.4 Å². The number of methoxy groups -OCH3 is 1. The van der Waals surface area contributed by atoms with Crippen LogP contribution in [0.2, 0.25) is 5.02 Å². The first-order valence-corrected chi connectivity index (χ1v) is 9.22. The van der Waals surface area contributed by atoms with Gasteiger partial charge in [0, 0.05) is 12.1 Å². The van der Waals surface area contributed by atoms with Crippen LogP contribution >= 0.6 is 11.6 Å². The van der Waals surface area contributed by atoms with Gasteiger partial charge in [0.05, 0.1) is 29.8 Å². The number of esters is 1. The molecule has 0 aliphatic heterocycles.